The minimum Gasteiger partial charge on any atom is -0.269 e. The van der Waals surface area contributed by atoms with Crippen molar-refractivity contribution in [2.45, 2.75) is 12.8 Å². The van der Waals surface area contributed by atoms with Gasteiger partial charge in [0.15, 0.2) is 0 Å². The number of hydrogen-bond donors (Lipinski definition) is 0. The highest BCUT2D eigenvalue weighted by Gasteiger charge is 2.27. The zero-order chi connectivity index (χ0) is 11.8. The van der Waals surface area contributed by atoms with Crippen LogP contribution in [-0.4, -0.2) is 20.7 Å². The van der Waals surface area contributed by atoms with E-state index in [1.165, 1.54) is 4.31 Å². The number of sulfonamides is 1. The van der Waals surface area contributed by atoms with E-state index in [2.05, 4.69) is 15.9 Å². The van der Waals surface area contributed by atoms with Gasteiger partial charge >= 0.3 is 0 Å². The lowest BCUT2D eigenvalue weighted by atomic mass is 10.3. The van der Waals surface area contributed by atoms with E-state index in [9.17, 15) is 8.42 Å². The molecule has 1 aliphatic heterocycles. The quantitative estimate of drug-likeness (QED) is 0.796. The third kappa shape index (κ3) is 2.36. The van der Waals surface area contributed by atoms with Crippen LogP contribution in [0.5, 0.6) is 0 Å². The molecule has 1 aromatic rings. The Morgan fingerprint density at radius 2 is 2.06 bits per heavy atom. The number of halogens is 2. The summed E-state index contributed by atoms with van der Waals surface area (Å²) >= 11 is 9.24. The van der Waals surface area contributed by atoms with Gasteiger partial charge in [-0.3, -0.25) is 4.31 Å². The molecule has 0 aliphatic carbocycles. The molecule has 0 atom stereocenters. The molecule has 0 saturated carbocycles. The number of anilines is 1. The lowest BCUT2D eigenvalue weighted by Gasteiger charge is -2.29. The van der Waals surface area contributed by atoms with Crippen LogP contribution in [0.2, 0.25) is 5.02 Å². The summed E-state index contributed by atoms with van der Waals surface area (Å²) in [5, 5.41) is 0.541. The third-order valence-corrected chi connectivity index (χ3v) is 5.29. The number of hydrogen-bond acceptors (Lipinski definition) is 2. The molecule has 16 heavy (non-hydrogen) atoms. The van der Waals surface area contributed by atoms with Gasteiger partial charge in [0.1, 0.15) is 0 Å². The van der Waals surface area contributed by atoms with Crippen LogP contribution in [-0.2, 0) is 10.0 Å². The minimum atomic E-state index is -3.17. The lowest BCUT2D eigenvalue weighted by molar-refractivity contribution is 0.574. The predicted molar refractivity (Wildman–Crippen MR) is 69.5 cm³/mol. The van der Waals surface area contributed by atoms with Crippen LogP contribution in [0.4, 0.5) is 5.69 Å². The van der Waals surface area contributed by atoms with E-state index >= 15 is 0 Å². The lowest BCUT2D eigenvalue weighted by Crippen LogP contribution is -2.38. The Bertz CT molecular complexity index is 504. The molecule has 0 amide bonds. The van der Waals surface area contributed by atoms with E-state index in [4.69, 9.17) is 11.6 Å². The fraction of sp³-hybridized carbons (Fsp3) is 0.400. The van der Waals surface area contributed by atoms with Crippen LogP contribution in [0, 0.1) is 0 Å². The molecule has 0 N–H and O–H groups in total. The van der Waals surface area contributed by atoms with E-state index in [1.807, 2.05) is 0 Å². The fourth-order valence-corrected chi connectivity index (χ4v) is 4.13. The van der Waals surface area contributed by atoms with Crippen LogP contribution >= 0.6 is 27.5 Å². The van der Waals surface area contributed by atoms with Crippen molar-refractivity contribution in [3.05, 3.63) is 27.7 Å². The Morgan fingerprint density at radius 3 is 2.75 bits per heavy atom. The first-order chi connectivity index (χ1) is 7.50. The van der Waals surface area contributed by atoms with Gasteiger partial charge in [-0.1, -0.05) is 11.6 Å². The molecule has 1 aliphatic rings. The van der Waals surface area contributed by atoms with E-state index in [0.29, 0.717) is 17.3 Å². The maximum Gasteiger partial charge on any atom is 0.235 e. The van der Waals surface area contributed by atoms with Crippen molar-refractivity contribution in [3.8, 4) is 0 Å². The number of rotatable bonds is 1. The molecule has 0 unspecified atom stereocenters. The van der Waals surface area contributed by atoms with Crippen LogP contribution < -0.4 is 4.31 Å². The molecule has 1 aromatic carbocycles. The SMILES string of the molecule is O=S1(=O)CCCCN1c1cc(Cl)ccc1Br. The molecule has 2 rings (SSSR count). The summed E-state index contributed by atoms with van der Waals surface area (Å²) < 4.78 is 26.0. The van der Waals surface area contributed by atoms with Crippen molar-refractivity contribution in [1.82, 2.24) is 0 Å². The molecule has 3 nitrogen and oxygen atoms in total. The highest BCUT2D eigenvalue weighted by Crippen LogP contribution is 2.33. The van der Waals surface area contributed by atoms with Crippen molar-refractivity contribution in [3.63, 3.8) is 0 Å². The number of nitrogens with zero attached hydrogens (tertiary/aromatic N) is 1. The maximum atomic E-state index is 11.9. The van der Waals surface area contributed by atoms with Crippen molar-refractivity contribution < 1.29 is 8.42 Å². The van der Waals surface area contributed by atoms with Gasteiger partial charge in [-0.05, 0) is 47.0 Å². The topological polar surface area (TPSA) is 37.4 Å². The average molecular weight is 325 g/mol. The summed E-state index contributed by atoms with van der Waals surface area (Å²) in [5.41, 5.74) is 0.632. The van der Waals surface area contributed by atoms with Crippen molar-refractivity contribution in [2.24, 2.45) is 0 Å². The van der Waals surface area contributed by atoms with Crippen molar-refractivity contribution >= 4 is 43.2 Å². The molecule has 6 heteroatoms. The van der Waals surface area contributed by atoms with Crippen LogP contribution in [0.3, 0.4) is 0 Å². The van der Waals surface area contributed by atoms with Gasteiger partial charge in [-0.15, -0.1) is 0 Å². The highest BCUT2D eigenvalue weighted by atomic mass is 79.9. The minimum absolute atomic E-state index is 0.214. The van der Waals surface area contributed by atoms with E-state index in [0.717, 1.165) is 17.3 Å². The number of benzene rings is 1. The van der Waals surface area contributed by atoms with E-state index in [1.54, 1.807) is 18.2 Å². The van der Waals surface area contributed by atoms with Gasteiger partial charge in [-0.25, -0.2) is 8.42 Å². The van der Waals surface area contributed by atoms with Crippen molar-refractivity contribution in [1.29, 1.82) is 0 Å². The fourth-order valence-electron chi connectivity index (χ4n) is 1.74. The molecule has 1 heterocycles. The van der Waals surface area contributed by atoms with Gasteiger partial charge in [-0.2, -0.15) is 0 Å². The monoisotopic (exact) mass is 323 g/mol. The highest BCUT2D eigenvalue weighted by molar-refractivity contribution is 9.10. The first kappa shape index (κ1) is 12.2. The first-order valence-electron chi connectivity index (χ1n) is 4.96. The summed E-state index contributed by atoms with van der Waals surface area (Å²) in [7, 11) is -3.17. The Morgan fingerprint density at radius 1 is 1.31 bits per heavy atom. The summed E-state index contributed by atoms with van der Waals surface area (Å²) in [6.45, 7) is 0.529. The van der Waals surface area contributed by atoms with Crippen LogP contribution in [0.15, 0.2) is 22.7 Å². The van der Waals surface area contributed by atoms with E-state index < -0.39 is 10.0 Å². The summed E-state index contributed by atoms with van der Waals surface area (Å²) in [6.07, 6.45) is 1.62. The van der Waals surface area contributed by atoms with Gasteiger partial charge in [0.2, 0.25) is 10.0 Å². The largest absolute Gasteiger partial charge is 0.269 e. The van der Waals surface area contributed by atoms with Gasteiger partial charge in [0.25, 0.3) is 0 Å². The molecule has 1 saturated heterocycles. The normalized spacial score (nSPS) is 19.8. The molecule has 0 spiro atoms. The maximum absolute atomic E-state index is 11.9. The third-order valence-electron chi connectivity index (χ3n) is 2.53. The Hall–Kier alpha value is -0.260. The summed E-state index contributed by atoms with van der Waals surface area (Å²) in [5.74, 6) is 0.214. The molecule has 1 fully saturated rings. The molecular weight excluding hydrogens is 314 g/mol. The second kappa shape index (κ2) is 4.55. The summed E-state index contributed by atoms with van der Waals surface area (Å²) in [4.78, 5) is 0. The summed E-state index contributed by atoms with van der Waals surface area (Å²) in [6, 6.07) is 5.17. The predicted octanol–water partition coefficient (Wildman–Crippen LogP) is 3.03. The van der Waals surface area contributed by atoms with Gasteiger partial charge < -0.3 is 0 Å². The van der Waals surface area contributed by atoms with Crippen molar-refractivity contribution in [2.75, 3.05) is 16.6 Å². The second-order valence-corrected chi connectivity index (χ2v) is 6.99. The zero-order valence-electron chi connectivity index (χ0n) is 8.49. The zero-order valence-corrected chi connectivity index (χ0v) is 11.6. The van der Waals surface area contributed by atoms with Crippen LogP contribution in [0.25, 0.3) is 0 Å². The Balaban J connectivity index is 2.46. The average Bonchev–Trinajstić information content (AvgIpc) is 2.22. The molecule has 0 radical (unpaired) electrons. The molecule has 0 bridgehead atoms. The van der Waals surface area contributed by atoms with Gasteiger partial charge in [0.05, 0.1) is 11.4 Å². The standard InChI is InChI=1S/C10H11BrClNO2S/c11-9-4-3-8(12)7-10(9)13-5-1-2-6-16(13,14)15/h3-4,7H,1-2,5-6H2. The first-order valence-corrected chi connectivity index (χ1v) is 7.74. The van der Waals surface area contributed by atoms with E-state index in [-0.39, 0.29) is 5.75 Å². The molecular formula is C10H11BrClNO2S. The molecule has 88 valence electrons. The second-order valence-electron chi connectivity index (χ2n) is 3.69. The molecule has 0 aromatic heterocycles. The van der Waals surface area contributed by atoms with Gasteiger partial charge in [0, 0.05) is 16.0 Å². The Kier molecular flexibility index (Phi) is 3.47. The van der Waals surface area contributed by atoms with Crippen LogP contribution in [0.1, 0.15) is 12.8 Å². The smallest absolute Gasteiger partial charge is 0.235 e. The Labute approximate surface area is 109 Å².